The lowest BCUT2D eigenvalue weighted by molar-refractivity contribution is 0.0913. The minimum absolute atomic E-state index is 0.0955. The van der Waals surface area contributed by atoms with Gasteiger partial charge in [0.05, 0.1) is 0 Å². The molecular formula is C18H15FN2O5S. The summed E-state index contributed by atoms with van der Waals surface area (Å²) >= 11 is 0. The molecule has 9 heteroatoms. The fraction of sp³-hybridized carbons (Fsp3) is 0.0556. The quantitative estimate of drug-likeness (QED) is 0.605. The summed E-state index contributed by atoms with van der Waals surface area (Å²) in [4.78, 5) is 13.3. The maximum absolute atomic E-state index is 13.6. The predicted molar refractivity (Wildman–Crippen MR) is 93.7 cm³/mol. The van der Waals surface area contributed by atoms with Gasteiger partial charge < -0.3 is 9.15 Å². The first-order chi connectivity index (χ1) is 13.0. The molecule has 3 rings (SSSR count). The molecule has 0 saturated carbocycles. The lowest BCUT2D eigenvalue weighted by Crippen LogP contribution is -2.41. The largest absolute Gasteiger partial charge is 0.486 e. The second-order valence-corrected chi connectivity index (χ2v) is 7.01. The number of amides is 1. The topological polar surface area (TPSA) is 97.6 Å². The third-order valence-electron chi connectivity index (χ3n) is 3.43. The van der Waals surface area contributed by atoms with Gasteiger partial charge in [0.1, 0.15) is 28.8 Å². The van der Waals surface area contributed by atoms with E-state index < -0.39 is 26.6 Å². The highest BCUT2D eigenvalue weighted by Gasteiger charge is 2.20. The molecule has 0 unspecified atom stereocenters. The molecular weight excluding hydrogens is 375 g/mol. The molecule has 0 spiro atoms. The highest BCUT2D eigenvalue weighted by molar-refractivity contribution is 7.89. The van der Waals surface area contributed by atoms with E-state index in [0.717, 1.165) is 12.1 Å². The van der Waals surface area contributed by atoms with E-state index in [9.17, 15) is 17.6 Å². The number of carbonyl (C=O) groups is 1. The third kappa shape index (κ3) is 4.72. The standard InChI is InChI=1S/C18H15FN2O5S/c19-15-8-4-5-9-17(15)27(23,24)21-20-18(22)16-11-10-14(26-16)12-25-13-6-2-1-3-7-13/h1-11,21H,12H2,(H,20,22). The van der Waals surface area contributed by atoms with Gasteiger partial charge in [0.2, 0.25) is 0 Å². The van der Waals surface area contributed by atoms with Crippen LogP contribution in [0.1, 0.15) is 16.3 Å². The first-order valence-corrected chi connectivity index (χ1v) is 9.27. The molecule has 0 aliphatic rings. The van der Waals surface area contributed by atoms with Crippen molar-refractivity contribution in [2.45, 2.75) is 11.5 Å². The van der Waals surface area contributed by atoms with E-state index in [1.165, 1.54) is 24.3 Å². The Morgan fingerprint density at radius 3 is 2.44 bits per heavy atom. The zero-order valence-electron chi connectivity index (χ0n) is 13.9. The Kier molecular flexibility index (Phi) is 5.53. The number of nitrogens with one attached hydrogen (secondary N) is 2. The monoisotopic (exact) mass is 390 g/mol. The van der Waals surface area contributed by atoms with Crippen molar-refractivity contribution in [2.75, 3.05) is 0 Å². The average molecular weight is 390 g/mol. The van der Waals surface area contributed by atoms with Crippen molar-refractivity contribution in [3.05, 3.63) is 84.1 Å². The molecule has 0 bridgehead atoms. The molecule has 7 nitrogen and oxygen atoms in total. The third-order valence-corrected chi connectivity index (χ3v) is 4.72. The zero-order valence-corrected chi connectivity index (χ0v) is 14.7. The van der Waals surface area contributed by atoms with Crippen LogP contribution in [0.4, 0.5) is 4.39 Å². The second kappa shape index (κ2) is 8.02. The van der Waals surface area contributed by atoms with Gasteiger partial charge in [-0.3, -0.25) is 10.2 Å². The van der Waals surface area contributed by atoms with Crippen molar-refractivity contribution in [1.29, 1.82) is 0 Å². The maximum atomic E-state index is 13.6. The van der Waals surface area contributed by atoms with Crippen LogP contribution in [0.25, 0.3) is 0 Å². The van der Waals surface area contributed by atoms with E-state index in [1.54, 1.807) is 12.1 Å². The number of sulfonamides is 1. The summed E-state index contributed by atoms with van der Waals surface area (Å²) in [6, 6.07) is 16.7. The van der Waals surface area contributed by atoms with Crippen molar-refractivity contribution in [1.82, 2.24) is 10.3 Å². The number of hydrazine groups is 1. The van der Waals surface area contributed by atoms with Gasteiger partial charge >= 0.3 is 5.91 Å². The number of para-hydroxylation sites is 1. The molecule has 3 aromatic rings. The van der Waals surface area contributed by atoms with Crippen LogP contribution in [0.15, 0.2) is 76.0 Å². The Balaban J connectivity index is 1.59. The first-order valence-electron chi connectivity index (χ1n) is 7.79. The molecule has 0 radical (unpaired) electrons. The van der Waals surface area contributed by atoms with E-state index >= 15 is 0 Å². The molecule has 0 atom stereocenters. The van der Waals surface area contributed by atoms with Crippen molar-refractivity contribution in [3.8, 4) is 5.75 Å². The van der Waals surface area contributed by atoms with Crippen LogP contribution in [0.5, 0.6) is 5.75 Å². The molecule has 2 aromatic carbocycles. The number of benzene rings is 2. The minimum Gasteiger partial charge on any atom is -0.486 e. The minimum atomic E-state index is -4.26. The summed E-state index contributed by atoms with van der Waals surface area (Å²) < 4.78 is 48.5. The Morgan fingerprint density at radius 2 is 1.70 bits per heavy atom. The Hall–Kier alpha value is -3.17. The van der Waals surface area contributed by atoms with Gasteiger partial charge in [0.25, 0.3) is 10.0 Å². The molecule has 0 saturated heterocycles. The van der Waals surface area contributed by atoms with Gasteiger partial charge in [-0.05, 0) is 36.4 Å². The number of rotatable bonds is 7. The normalized spacial score (nSPS) is 11.1. The molecule has 0 aliphatic heterocycles. The molecule has 2 N–H and O–H groups in total. The van der Waals surface area contributed by atoms with Gasteiger partial charge in [-0.1, -0.05) is 30.3 Å². The van der Waals surface area contributed by atoms with Crippen molar-refractivity contribution in [2.24, 2.45) is 0 Å². The summed E-state index contributed by atoms with van der Waals surface area (Å²) in [7, 11) is -4.26. The molecule has 0 aliphatic carbocycles. The SMILES string of the molecule is O=C(NNS(=O)(=O)c1ccccc1F)c1ccc(COc2ccccc2)o1. The van der Waals surface area contributed by atoms with E-state index in [2.05, 4.69) is 0 Å². The zero-order chi connectivity index (χ0) is 19.3. The van der Waals surface area contributed by atoms with Gasteiger partial charge in [0, 0.05) is 0 Å². The van der Waals surface area contributed by atoms with Crippen molar-refractivity contribution < 1.29 is 26.8 Å². The van der Waals surface area contributed by atoms with Crippen LogP contribution < -0.4 is 15.0 Å². The summed E-state index contributed by atoms with van der Waals surface area (Å²) in [6.45, 7) is 0.0955. The number of hydrogen-bond donors (Lipinski definition) is 2. The lowest BCUT2D eigenvalue weighted by Gasteiger charge is -2.08. The van der Waals surface area contributed by atoms with Gasteiger partial charge in [0.15, 0.2) is 5.76 Å². The predicted octanol–water partition coefficient (Wildman–Crippen LogP) is 2.62. The van der Waals surface area contributed by atoms with E-state index in [0.29, 0.717) is 11.5 Å². The Labute approximate surface area is 154 Å². The molecule has 27 heavy (non-hydrogen) atoms. The maximum Gasteiger partial charge on any atom is 0.301 e. The molecule has 1 aromatic heterocycles. The van der Waals surface area contributed by atoms with Crippen LogP contribution in [0.3, 0.4) is 0 Å². The molecule has 140 valence electrons. The van der Waals surface area contributed by atoms with Gasteiger partial charge in [-0.15, -0.1) is 4.83 Å². The van der Waals surface area contributed by atoms with Crippen molar-refractivity contribution in [3.63, 3.8) is 0 Å². The highest BCUT2D eigenvalue weighted by atomic mass is 32.2. The summed E-state index contributed by atoms with van der Waals surface area (Å²) in [5, 5.41) is 0. The van der Waals surface area contributed by atoms with Crippen molar-refractivity contribution >= 4 is 15.9 Å². The highest BCUT2D eigenvalue weighted by Crippen LogP contribution is 2.15. The fourth-order valence-corrected chi connectivity index (χ4v) is 3.06. The van der Waals surface area contributed by atoms with Crippen LogP contribution in [0, 0.1) is 5.82 Å². The number of hydrogen-bond acceptors (Lipinski definition) is 5. The van der Waals surface area contributed by atoms with E-state index in [-0.39, 0.29) is 12.4 Å². The average Bonchev–Trinajstić information content (AvgIpc) is 3.15. The van der Waals surface area contributed by atoms with Gasteiger partial charge in [-0.25, -0.2) is 12.8 Å². The van der Waals surface area contributed by atoms with E-state index in [4.69, 9.17) is 9.15 Å². The fourth-order valence-electron chi connectivity index (χ4n) is 2.14. The number of halogens is 1. The number of carbonyl (C=O) groups excluding carboxylic acids is 1. The Morgan fingerprint density at radius 1 is 1.00 bits per heavy atom. The lowest BCUT2D eigenvalue weighted by atomic mass is 10.3. The first kappa shape index (κ1) is 18.6. The molecule has 0 fully saturated rings. The summed E-state index contributed by atoms with van der Waals surface area (Å²) in [5.41, 5.74) is 1.97. The second-order valence-electron chi connectivity index (χ2n) is 5.36. The smallest absolute Gasteiger partial charge is 0.301 e. The number of furan rings is 1. The summed E-state index contributed by atoms with van der Waals surface area (Å²) in [5.74, 6) is -0.880. The van der Waals surface area contributed by atoms with E-state index in [1.807, 2.05) is 28.5 Å². The summed E-state index contributed by atoms with van der Waals surface area (Å²) in [6.07, 6.45) is 0. The number of ether oxygens (including phenoxy) is 1. The van der Waals surface area contributed by atoms with Crippen LogP contribution in [-0.4, -0.2) is 14.3 Å². The van der Waals surface area contributed by atoms with Gasteiger partial charge in [-0.2, -0.15) is 0 Å². The van der Waals surface area contributed by atoms with Crippen LogP contribution >= 0.6 is 0 Å². The molecule has 1 amide bonds. The molecule has 1 heterocycles. The van der Waals surface area contributed by atoms with Crippen LogP contribution in [0.2, 0.25) is 0 Å². The van der Waals surface area contributed by atoms with Crippen LogP contribution in [-0.2, 0) is 16.6 Å². The Bertz CT molecular complexity index is 1030.